The minimum absolute atomic E-state index is 0.307. The first kappa shape index (κ1) is 11.8. The summed E-state index contributed by atoms with van der Waals surface area (Å²) in [6, 6.07) is 6.25. The molecule has 0 fully saturated rings. The Morgan fingerprint density at radius 3 is 2.40 bits per heavy atom. The van der Waals surface area contributed by atoms with Crippen LogP contribution in [0.15, 0.2) is 30.4 Å². The first-order valence-electron chi connectivity index (χ1n) is 5.25. The lowest BCUT2D eigenvalue weighted by molar-refractivity contribution is 0.148. The van der Waals surface area contributed by atoms with Crippen LogP contribution in [0.5, 0.6) is 5.75 Å². The molecule has 0 atom stereocenters. The van der Waals surface area contributed by atoms with E-state index in [1.54, 1.807) is 0 Å². The molecule has 0 N–H and O–H groups in total. The first-order valence-corrected chi connectivity index (χ1v) is 5.25. The van der Waals surface area contributed by atoms with Crippen molar-refractivity contribution in [3.63, 3.8) is 0 Å². The van der Waals surface area contributed by atoms with Crippen molar-refractivity contribution in [1.82, 2.24) is 0 Å². The van der Waals surface area contributed by atoms with Gasteiger partial charge in [-0.05, 0) is 57.4 Å². The predicted molar refractivity (Wildman–Crippen MR) is 65.4 cm³/mol. The maximum Gasteiger partial charge on any atom is 0.124 e. The lowest BCUT2D eigenvalue weighted by Gasteiger charge is -2.28. The molecular weight excluding hydrogens is 184 g/mol. The van der Waals surface area contributed by atoms with Crippen LogP contribution in [-0.4, -0.2) is 5.60 Å². The summed E-state index contributed by atoms with van der Waals surface area (Å²) in [6.07, 6.45) is 0. The molecule has 1 nitrogen and oxygen atoms in total. The highest BCUT2D eigenvalue weighted by molar-refractivity contribution is 5.37. The van der Waals surface area contributed by atoms with Crippen LogP contribution in [0.2, 0.25) is 0 Å². The quantitative estimate of drug-likeness (QED) is 0.675. The smallest absolute Gasteiger partial charge is 0.124 e. The van der Waals surface area contributed by atoms with Crippen molar-refractivity contribution in [2.24, 2.45) is 0 Å². The molecule has 0 bridgehead atoms. The van der Waals surface area contributed by atoms with Crippen molar-refractivity contribution in [1.29, 1.82) is 0 Å². The SMILES string of the molecule is C=C(C)C(C)(C)Oc1cc(C)ccc1C. The van der Waals surface area contributed by atoms with E-state index in [-0.39, 0.29) is 5.60 Å². The Morgan fingerprint density at radius 2 is 1.87 bits per heavy atom. The maximum absolute atomic E-state index is 5.98. The molecule has 1 rings (SSSR count). The molecule has 0 aliphatic rings. The summed E-state index contributed by atoms with van der Waals surface area (Å²) in [4.78, 5) is 0. The third-order valence-electron chi connectivity index (χ3n) is 2.74. The van der Waals surface area contributed by atoms with E-state index in [2.05, 4.69) is 38.6 Å². The van der Waals surface area contributed by atoms with Gasteiger partial charge >= 0.3 is 0 Å². The molecule has 0 amide bonds. The Balaban J connectivity index is 2.99. The van der Waals surface area contributed by atoms with E-state index in [0.717, 1.165) is 16.9 Å². The molecule has 0 radical (unpaired) electrons. The van der Waals surface area contributed by atoms with Crippen LogP contribution in [0.1, 0.15) is 31.9 Å². The van der Waals surface area contributed by atoms with Gasteiger partial charge in [0.15, 0.2) is 0 Å². The lowest BCUT2D eigenvalue weighted by atomic mass is 10.0. The van der Waals surface area contributed by atoms with Crippen LogP contribution < -0.4 is 4.74 Å². The molecule has 0 unspecified atom stereocenters. The topological polar surface area (TPSA) is 9.23 Å². The summed E-state index contributed by atoms with van der Waals surface area (Å²) >= 11 is 0. The van der Waals surface area contributed by atoms with E-state index in [1.807, 2.05) is 20.8 Å². The van der Waals surface area contributed by atoms with Gasteiger partial charge in [-0.2, -0.15) is 0 Å². The minimum Gasteiger partial charge on any atom is -0.483 e. The fraction of sp³-hybridized carbons (Fsp3) is 0.429. The van der Waals surface area contributed by atoms with Crippen LogP contribution in [0.4, 0.5) is 0 Å². The summed E-state index contributed by atoms with van der Waals surface area (Å²) in [5.41, 5.74) is 3.10. The molecule has 1 aromatic carbocycles. The number of ether oxygens (including phenoxy) is 1. The predicted octanol–water partition coefficient (Wildman–Crippen LogP) is 4.04. The normalized spacial score (nSPS) is 11.3. The van der Waals surface area contributed by atoms with Gasteiger partial charge in [0.25, 0.3) is 0 Å². The highest BCUT2D eigenvalue weighted by Gasteiger charge is 2.21. The minimum atomic E-state index is -0.307. The van der Waals surface area contributed by atoms with Gasteiger partial charge in [-0.15, -0.1) is 0 Å². The molecule has 1 heteroatoms. The summed E-state index contributed by atoms with van der Waals surface area (Å²) in [6.45, 7) is 14.1. The highest BCUT2D eigenvalue weighted by Crippen LogP contribution is 2.27. The van der Waals surface area contributed by atoms with Gasteiger partial charge in [0, 0.05) is 0 Å². The molecule has 0 aliphatic heterocycles. The average Bonchev–Trinajstić information content (AvgIpc) is 2.10. The summed E-state index contributed by atoms with van der Waals surface area (Å²) in [7, 11) is 0. The van der Waals surface area contributed by atoms with Gasteiger partial charge in [-0.25, -0.2) is 0 Å². The number of benzene rings is 1. The summed E-state index contributed by atoms with van der Waals surface area (Å²) < 4.78 is 5.98. The third-order valence-corrected chi connectivity index (χ3v) is 2.74. The van der Waals surface area contributed by atoms with Crippen molar-refractivity contribution in [2.75, 3.05) is 0 Å². The molecule has 0 saturated heterocycles. The van der Waals surface area contributed by atoms with Gasteiger partial charge in [0.1, 0.15) is 11.4 Å². The molecule has 0 aromatic heterocycles. The van der Waals surface area contributed by atoms with E-state index in [0.29, 0.717) is 0 Å². The zero-order valence-electron chi connectivity index (χ0n) is 10.3. The second-order valence-corrected chi connectivity index (χ2v) is 4.66. The van der Waals surface area contributed by atoms with E-state index in [9.17, 15) is 0 Å². The molecule has 15 heavy (non-hydrogen) atoms. The zero-order chi connectivity index (χ0) is 11.6. The fourth-order valence-electron chi connectivity index (χ4n) is 1.18. The van der Waals surface area contributed by atoms with Crippen LogP contribution in [0.25, 0.3) is 0 Å². The first-order chi connectivity index (χ1) is 6.83. The maximum atomic E-state index is 5.98. The molecular formula is C14H20O. The zero-order valence-corrected chi connectivity index (χ0v) is 10.3. The molecule has 0 aliphatic carbocycles. The second-order valence-electron chi connectivity index (χ2n) is 4.66. The highest BCUT2D eigenvalue weighted by atomic mass is 16.5. The standard InChI is InChI=1S/C14H20O/c1-10(2)14(5,6)15-13-9-11(3)7-8-12(13)4/h7-9H,1H2,2-6H3. The Morgan fingerprint density at radius 1 is 1.27 bits per heavy atom. The third kappa shape index (κ3) is 2.85. The van der Waals surface area contributed by atoms with Gasteiger partial charge in [0.2, 0.25) is 0 Å². The molecule has 1 aromatic rings. The average molecular weight is 204 g/mol. The molecule has 0 saturated carbocycles. The fourth-order valence-corrected chi connectivity index (χ4v) is 1.18. The van der Waals surface area contributed by atoms with Crippen molar-refractivity contribution in [2.45, 2.75) is 40.2 Å². The van der Waals surface area contributed by atoms with Gasteiger partial charge in [-0.1, -0.05) is 18.7 Å². The number of hydrogen-bond acceptors (Lipinski definition) is 1. The van der Waals surface area contributed by atoms with Crippen LogP contribution in [-0.2, 0) is 0 Å². The Kier molecular flexibility index (Phi) is 3.23. The van der Waals surface area contributed by atoms with Crippen LogP contribution in [0.3, 0.4) is 0 Å². The number of aryl methyl sites for hydroxylation is 2. The Hall–Kier alpha value is -1.24. The van der Waals surface area contributed by atoms with E-state index in [1.165, 1.54) is 5.56 Å². The van der Waals surface area contributed by atoms with Crippen LogP contribution in [0, 0.1) is 13.8 Å². The van der Waals surface area contributed by atoms with Crippen molar-refractivity contribution >= 4 is 0 Å². The van der Waals surface area contributed by atoms with Crippen molar-refractivity contribution in [3.05, 3.63) is 41.5 Å². The number of rotatable bonds is 3. The largest absolute Gasteiger partial charge is 0.483 e. The monoisotopic (exact) mass is 204 g/mol. The van der Waals surface area contributed by atoms with Crippen LogP contribution >= 0.6 is 0 Å². The van der Waals surface area contributed by atoms with E-state index in [4.69, 9.17) is 4.74 Å². The van der Waals surface area contributed by atoms with Gasteiger partial charge < -0.3 is 4.74 Å². The second kappa shape index (κ2) is 4.09. The molecule has 0 spiro atoms. The van der Waals surface area contributed by atoms with E-state index >= 15 is 0 Å². The summed E-state index contributed by atoms with van der Waals surface area (Å²) in [5.74, 6) is 0.947. The molecule has 0 heterocycles. The molecule has 82 valence electrons. The Labute approximate surface area is 92.8 Å². The van der Waals surface area contributed by atoms with Crippen molar-refractivity contribution in [3.8, 4) is 5.75 Å². The Bertz CT molecular complexity index is 375. The summed E-state index contributed by atoms with van der Waals surface area (Å²) in [5, 5.41) is 0. The lowest BCUT2D eigenvalue weighted by Crippen LogP contribution is -2.29. The van der Waals surface area contributed by atoms with Crippen molar-refractivity contribution < 1.29 is 4.74 Å². The number of hydrogen-bond donors (Lipinski definition) is 0. The van der Waals surface area contributed by atoms with Gasteiger partial charge in [0.05, 0.1) is 0 Å². The van der Waals surface area contributed by atoms with E-state index < -0.39 is 0 Å². The van der Waals surface area contributed by atoms with Gasteiger partial charge in [-0.3, -0.25) is 0 Å².